The number of fused-ring (bicyclic) bond motifs is 1. The molecule has 0 saturated carbocycles. The molecular weight excluding hydrogens is 282 g/mol. The fourth-order valence-electron chi connectivity index (χ4n) is 2.41. The van der Waals surface area contributed by atoms with E-state index in [4.69, 9.17) is 0 Å². The van der Waals surface area contributed by atoms with Gasteiger partial charge in [-0.25, -0.2) is 14.5 Å². The zero-order valence-corrected chi connectivity index (χ0v) is 12.7. The Morgan fingerprint density at radius 3 is 2.86 bits per heavy atom. The Balaban J connectivity index is 1.82. The van der Waals surface area contributed by atoms with Crippen LogP contribution in [0.25, 0.3) is 5.65 Å². The third-order valence-corrected chi connectivity index (χ3v) is 3.39. The van der Waals surface area contributed by atoms with E-state index in [0.717, 1.165) is 11.4 Å². The summed E-state index contributed by atoms with van der Waals surface area (Å²) in [7, 11) is 0. The van der Waals surface area contributed by atoms with Gasteiger partial charge in [0.05, 0.1) is 12.2 Å². The molecule has 0 aliphatic heterocycles. The first-order valence-corrected chi connectivity index (χ1v) is 7.00. The quantitative estimate of drug-likeness (QED) is 0.765. The predicted octanol–water partition coefficient (Wildman–Crippen LogP) is 0.676. The average Bonchev–Trinajstić information content (AvgIpc) is 3.06. The van der Waals surface area contributed by atoms with E-state index >= 15 is 0 Å². The number of amides is 1. The minimum absolute atomic E-state index is 0.176. The van der Waals surface area contributed by atoms with Crippen molar-refractivity contribution >= 4 is 11.6 Å². The Morgan fingerprint density at radius 2 is 2.14 bits per heavy atom. The number of carbonyl (C=O) groups is 1. The minimum atomic E-state index is -0.176. The molecule has 0 atom stereocenters. The van der Waals surface area contributed by atoms with Crippen LogP contribution in [0.5, 0.6) is 0 Å². The van der Waals surface area contributed by atoms with Crippen molar-refractivity contribution < 1.29 is 4.79 Å². The van der Waals surface area contributed by atoms with E-state index in [-0.39, 0.29) is 5.91 Å². The van der Waals surface area contributed by atoms with Crippen LogP contribution in [-0.2, 0) is 6.54 Å². The Bertz CT molecular complexity index is 819. The number of rotatable bonds is 4. The highest BCUT2D eigenvalue weighted by Gasteiger charge is 2.19. The first kappa shape index (κ1) is 14.2. The molecular formula is C14H17N7O. The van der Waals surface area contributed by atoms with Crippen LogP contribution in [-0.4, -0.2) is 41.8 Å². The lowest BCUT2D eigenvalue weighted by atomic mass is 10.2. The van der Waals surface area contributed by atoms with Gasteiger partial charge in [0.15, 0.2) is 5.65 Å². The highest BCUT2D eigenvalue weighted by Crippen LogP contribution is 2.15. The molecule has 0 bridgehead atoms. The molecule has 0 saturated heterocycles. The van der Waals surface area contributed by atoms with E-state index in [0.29, 0.717) is 30.0 Å². The number of hydrogen-bond donors (Lipinski definition) is 1. The van der Waals surface area contributed by atoms with Gasteiger partial charge in [-0.2, -0.15) is 10.2 Å². The maximum atomic E-state index is 12.4. The van der Waals surface area contributed by atoms with Crippen molar-refractivity contribution in [3.8, 4) is 0 Å². The third-order valence-electron chi connectivity index (χ3n) is 3.39. The summed E-state index contributed by atoms with van der Waals surface area (Å²) in [6, 6.07) is 1.94. The van der Waals surface area contributed by atoms with Crippen LogP contribution in [0.4, 0.5) is 0 Å². The van der Waals surface area contributed by atoms with Gasteiger partial charge in [-0.1, -0.05) is 0 Å². The zero-order valence-electron chi connectivity index (χ0n) is 12.7. The normalized spacial score (nSPS) is 11.0. The Morgan fingerprint density at radius 1 is 1.32 bits per heavy atom. The molecule has 0 aliphatic rings. The van der Waals surface area contributed by atoms with Gasteiger partial charge >= 0.3 is 0 Å². The fraction of sp³-hybridized carbons (Fsp3) is 0.357. The van der Waals surface area contributed by atoms with Crippen LogP contribution < -0.4 is 5.32 Å². The van der Waals surface area contributed by atoms with Crippen LogP contribution in [0.2, 0.25) is 0 Å². The van der Waals surface area contributed by atoms with Crippen LogP contribution in [0.1, 0.15) is 27.4 Å². The predicted molar refractivity (Wildman–Crippen MR) is 79.6 cm³/mol. The highest BCUT2D eigenvalue weighted by molar-refractivity contribution is 6.01. The van der Waals surface area contributed by atoms with Crippen molar-refractivity contribution in [3.63, 3.8) is 0 Å². The Hall–Kier alpha value is -2.77. The summed E-state index contributed by atoms with van der Waals surface area (Å²) in [6.07, 6.45) is 3.08. The molecule has 3 rings (SSSR count). The highest BCUT2D eigenvalue weighted by atomic mass is 16.1. The molecule has 1 amide bonds. The van der Waals surface area contributed by atoms with Gasteiger partial charge in [0.25, 0.3) is 5.91 Å². The number of carbonyl (C=O) groups excluding carboxylic acids is 1. The molecule has 0 aliphatic carbocycles. The van der Waals surface area contributed by atoms with Crippen molar-refractivity contribution in [2.45, 2.75) is 27.3 Å². The molecule has 3 heterocycles. The number of nitrogens with zero attached hydrogens (tertiary/aromatic N) is 6. The number of nitrogens with one attached hydrogen (secondary N) is 1. The maximum absolute atomic E-state index is 12.4. The molecule has 0 unspecified atom stereocenters. The van der Waals surface area contributed by atoms with E-state index in [2.05, 4.69) is 25.5 Å². The Labute approximate surface area is 127 Å². The monoisotopic (exact) mass is 299 g/mol. The fourth-order valence-corrected chi connectivity index (χ4v) is 2.41. The SMILES string of the molecule is Cc1cc(C)n2nc(C)c(C(=O)NCCn3cncn3)c2n1. The third kappa shape index (κ3) is 2.54. The zero-order chi connectivity index (χ0) is 15.7. The minimum Gasteiger partial charge on any atom is -0.350 e. The van der Waals surface area contributed by atoms with E-state index in [1.807, 2.05) is 26.8 Å². The van der Waals surface area contributed by atoms with Crippen LogP contribution in [0, 0.1) is 20.8 Å². The van der Waals surface area contributed by atoms with Crippen molar-refractivity contribution in [2.24, 2.45) is 0 Å². The van der Waals surface area contributed by atoms with Gasteiger partial charge in [-0.3, -0.25) is 9.48 Å². The second kappa shape index (κ2) is 5.55. The summed E-state index contributed by atoms with van der Waals surface area (Å²) in [5, 5.41) is 11.3. The molecule has 3 aromatic rings. The number of aromatic nitrogens is 6. The summed E-state index contributed by atoms with van der Waals surface area (Å²) < 4.78 is 3.37. The lowest BCUT2D eigenvalue weighted by molar-refractivity contribution is 0.0953. The summed E-state index contributed by atoms with van der Waals surface area (Å²) >= 11 is 0. The van der Waals surface area contributed by atoms with Crippen molar-refractivity contribution in [3.05, 3.63) is 41.4 Å². The topological polar surface area (TPSA) is 90.0 Å². The van der Waals surface area contributed by atoms with Gasteiger partial charge in [0.2, 0.25) is 0 Å². The van der Waals surface area contributed by atoms with E-state index in [9.17, 15) is 4.79 Å². The molecule has 0 aromatic carbocycles. The molecule has 3 aromatic heterocycles. The first-order chi connectivity index (χ1) is 10.6. The van der Waals surface area contributed by atoms with E-state index in [1.165, 1.54) is 6.33 Å². The summed E-state index contributed by atoms with van der Waals surface area (Å²) in [5.41, 5.74) is 3.59. The lowest BCUT2D eigenvalue weighted by Gasteiger charge is -2.05. The summed E-state index contributed by atoms with van der Waals surface area (Å²) in [6.45, 7) is 6.69. The van der Waals surface area contributed by atoms with Gasteiger partial charge in [-0.15, -0.1) is 0 Å². The standard InChI is InChI=1S/C14H17N7O/c1-9-6-10(2)21-13(18-9)12(11(3)19-21)14(22)16-4-5-20-8-15-7-17-20/h6-8H,4-5H2,1-3H3,(H,16,22). The molecule has 0 fully saturated rings. The average molecular weight is 299 g/mol. The van der Waals surface area contributed by atoms with Crippen LogP contribution in [0.15, 0.2) is 18.7 Å². The molecule has 0 radical (unpaired) electrons. The summed E-state index contributed by atoms with van der Waals surface area (Å²) in [5.74, 6) is -0.176. The molecule has 8 heteroatoms. The molecule has 1 N–H and O–H groups in total. The number of aryl methyl sites for hydroxylation is 3. The summed E-state index contributed by atoms with van der Waals surface area (Å²) in [4.78, 5) is 20.8. The molecule has 8 nitrogen and oxygen atoms in total. The first-order valence-electron chi connectivity index (χ1n) is 7.00. The van der Waals surface area contributed by atoms with Gasteiger partial charge in [0.1, 0.15) is 18.2 Å². The molecule has 0 spiro atoms. The van der Waals surface area contributed by atoms with Gasteiger partial charge in [0, 0.05) is 17.9 Å². The van der Waals surface area contributed by atoms with E-state index in [1.54, 1.807) is 15.5 Å². The number of hydrogen-bond acceptors (Lipinski definition) is 5. The van der Waals surface area contributed by atoms with Crippen molar-refractivity contribution in [1.82, 2.24) is 34.7 Å². The maximum Gasteiger partial charge on any atom is 0.257 e. The van der Waals surface area contributed by atoms with Crippen LogP contribution >= 0.6 is 0 Å². The van der Waals surface area contributed by atoms with E-state index < -0.39 is 0 Å². The smallest absolute Gasteiger partial charge is 0.257 e. The van der Waals surface area contributed by atoms with Crippen molar-refractivity contribution in [1.29, 1.82) is 0 Å². The van der Waals surface area contributed by atoms with Gasteiger partial charge in [-0.05, 0) is 26.8 Å². The lowest BCUT2D eigenvalue weighted by Crippen LogP contribution is -2.28. The van der Waals surface area contributed by atoms with Crippen LogP contribution in [0.3, 0.4) is 0 Å². The van der Waals surface area contributed by atoms with Crippen molar-refractivity contribution in [2.75, 3.05) is 6.54 Å². The second-order valence-corrected chi connectivity index (χ2v) is 5.15. The molecule has 22 heavy (non-hydrogen) atoms. The van der Waals surface area contributed by atoms with Gasteiger partial charge < -0.3 is 5.32 Å². The Kier molecular flexibility index (Phi) is 3.58. The largest absolute Gasteiger partial charge is 0.350 e. The molecule has 114 valence electrons. The second-order valence-electron chi connectivity index (χ2n) is 5.15.